The summed E-state index contributed by atoms with van der Waals surface area (Å²) in [6.45, 7) is 5.78. The van der Waals surface area contributed by atoms with Crippen molar-refractivity contribution in [3.8, 4) is 0 Å². The van der Waals surface area contributed by atoms with Crippen LogP contribution in [0.4, 0.5) is 17.2 Å². The Morgan fingerprint density at radius 1 is 0.947 bits per heavy atom. The van der Waals surface area contributed by atoms with Crippen LogP contribution in [0.3, 0.4) is 0 Å². The Hall–Kier alpha value is -3.56. The van der Waals surface area contributed by atoms with Crippen LogP contribution in [0, 0.1) is 5.92 Å². The Balaban J connectivity index is 1.67. The monoisotopic (exact) mass is 545 g/mol. The predicted octanol–water partition coefficient (Wildman–Crippen LogP) is 6.15. The molecule has 1 unspecified atom stereocenters. The van der Waals surface area contributed by atoms with Crippen LogP contribution in [0.25, 0.3) is 10.9 Å². The van der Waals surface area contributed by atoms with E-state index < -0.39 is 0 Å². The number of nitrogens with one attached hydrogen (secondary N) is 2. The number of thiol groups is 1. The third-order valence-corrected chi connectivity index (χ3v) is 6.95. The summed E-state index contributed by atoms with van der Waals surface area (Å²) in [6.07, 6.45) is 2.26. The summed E-state index contributed by atoms with van der Waals surface area (Å²) in [4.78, 5) is 34.5. The maximum absolute atomic E-state index is 12.9. The van der Waals surface area contributed by atoms with Gasteiger partial charge < -0.3 is 10.6 Å². The van der Waals surface area contributed by atoms with Crippen LogP contribution >= 0.6 is 22.6 Å². The third-order valence-electron chi connectivity index (χ3n) is 5.91. The topological polar surface area (TPSA) is 87.2 Å². The first-order chi connectivity index (χ1) is 18.3. The van der Waals surface area contributed by atoms with E-state index in [2.05, 4.69) is 32.3 Å². The van der Waals surface area contributed by atoms with Crippen molar-refractivity contribution < 1.29 is 9.59 Å². The molecule has 0 fully saturated rings. The quantitative estimate of drug-likeness (QED) is 0.126. The zero-order valence-corrected chi connectivity index (χ0v) is 23.3. The van der Waals surface area contributed by atoms with E-state index in [0.717, 1.165) is 33.4 Å². The van der Waals surface area contributed by atoms with Crippen LogP contribution in [-0.4, -0.2) is 27.8 Å². The number of benzene rings is 3. The molecule has 9 heteroatoms. The molecule has 0 saturated carbocycles. The molecule has 1 aromatic heterocycles. The van der Waals surface area contributed by atoms with Crippen LogP contribution in [0.5, 0.6) is 0 Å². The van der Waals surface area contributed by atoms with Crippen LogP contribution in [0.1, 0.15) is 31.9 Å². The molecule has 2 N–H and O–H groups in total. The second-order valence-electron chi connectivity index (χ2n) is 9.46. The molecule has 0 aliphatic carbocycles. The summed E-state index contributed by atoms with van der Waals surface area (Å²) in [5.74, 6) is 0.276. The van der Waals surface area contributed by atoms with Crippen molar-refractivity contribution in [2.24, 2.45) is 5.92 Å². The Kier molecular flexibility index (Phi) is 9.25. The molecule has 0 aliphatic rings. The van der Waals surface area contributed by atoms with Crippen molar-refractivity contribution in [1.29, 1.82) is 0 Å². The van der Waals surface area contributed by atoms with Crippen LogP contribution in [0.2, 0.25) is 0 Å². The number of rotatable bonds is 10. The minimum absolute atomic E-state index is 0.0451. The number of nitrogens with zero attached hydrogens (tertiary/aromatic N) is 3. The molecule has 7 nitrogen and oxygen atoms in total. The van der Waals surface area contributed by atoms with Gasteiger partial charge in [-0.05, 0) is 67.8 Å². The fourth-order valence-electron chi connectivity index (χ4n) is 4.23. The Morgan fingerprint density at radius 2 is 1.66 bits per heavy atom. The number of amides is 2. The van der Waals surface area contributed by atoms with Gasteiger partial charge in [-0.15, -0.1) is 0 Å². The van der Waals surface area contributed by atoms with Crippen molar-refractivity contribution in [2.45, 2.75) is 39.7 Å². The molecule has 0 bridgehead atoms. The molecule has 1 heterocycles. The van der Waals surface area contributed by atoms with Gasteiger partial charge in [0.15, 0.2) is 5.82 Å². The number of fused-ring (bicyclic) bond motifs is 1. The molecular formula is C29H31N5O2S2. The molecule has 4 aromatic rings. The highest BCUT2D eigenvalue weighted by atomic mass is 33.1. The van der Waals surface area contributed by atoms with E-state index in [1.165, 1.54) is 17.3 Å². The van der Waals surface area contributed by atoms with Gasteiger partial charge in [0.25, 0.3) is 0 Å². The van der Waals surface area contributed by atoms with Gasteiger partial charge in [-0.3, -0.25) is 13.9 Å². The van der Waals surface area contributed by atoms with Gasteiger partial charge in [0.2, 0.25) is 11.8 Å². The molecule has 4 rings (SSSR count). The molecule has 2 amide bonds. The Labute approximate surface area is 232 Å². The van der Waals surface area contributed by atoms with E-state index >= 15 is 0 Å². The highest BCUT2D eigenvalue weighted by molar-refractivity contribution is 8.69. The molecule has 1 atom stereocenters. The summed E-state index contributed by atoms with van der Waals surface area (Å²) in [5.41, 5.74) is 4.18. The highest BCUT2D eigenvalue weighted by Crippen LogP contribution is 2.38. The smallest absolute Gasteiger partial charge is 0.227 e. The number of anilines is 3. The van der Waals surface area contributed by atoms with Crippen LogP contribution in [0.15, 0.2) is 79.1 Å². The zero-order chi connectivity index (χ0) is 27.1. The summed E-state index contributed by atoms with van der Waals surface area (Å²) < 4.78 is 1.91. The lowest BCUT2D eigenvalue weighted by atomic mass is 9.97. The molecular weight excluding hydrogens is 514 g/mol. The van der Waals surface area contributed by atoms with E-state index in [9.17, 15) is 9.59 Å². The standard InChI is InChI=1S/C29H31N5O2S2/c1-19(2)32-27(35)17-22-14-21(13-20(3)29(36)33-23-9-5-4-6-10-23)15-24(16-22)34(38-37)28-25-11-7-8-12-26(25)30-18-31-28/h4-12,14-16,18-20,37H,13,17H2,1-3H3,(H,32,35)(H,33,36). The molecule has 0 radical (unpaired) electrons. The van der Waals surface area contributed by atoms with Gasteiger partial charge >= 0.3 is 0 Å². The maximum atomic E-state index is 12.9. The summed E-state index contributed by atoms with van der Waals surface area (Å²) in [5, 5.41) is 6.82. The molecule has 0 spiro atoms. The van der Waals surface area contributed by atoms with Gasteiger partial charge in [-0.2, -0.15) is 0 Å². The predicted molar refractivity (Wildman–Crippen MR) is 160 cm³/mol. The second kappa shape index (κ2) is 12.8. The molecule has 0 aliphatic heterocycles. The first-order valence-electron chi connectivity index (χ1n) is 12.4. The highest BCUT2D eigenvalue weighted by Gasteiger charge is 2.19. The van der Waals surface area contributed by atoms with E-state index in [1.54, 1.807) is 0 Å². The van der Waals surface area contributed by atoms with Gasteiger partial charge in [0.1, 0.15) is 6.33 Å². The van der Waals surface area contributed by atoms with Crippen molar-refractivity contribution >= 4 is 62.6 Å². The normalized spacial score (nSPS) is 11.8. The number of hydrogen-bond donors (Lipinski definition) is 3. The maximum Gasteiger partial charge on any atom is 0.227 e. The van der Waals surface area contributed by atoms with Crippen LogP contribution < -0.4 is 14.9 Å². The average molecular weight is 546 g/mol. The first-order valence-corrected chi connectivity index (χ1v) is 14.3. The fraction of sp³-hybridized carbons (Fsp3) is 0.241. The SMILES string of the molecule is CC(C)NC(=O)Cc1cc(CC(C)C(=O)Nc2ccccc2)cc(N(SS)c2ncnc3ccccc23)c1. The van der Waals surface area contributed by atoms with E-state index in [1.807, 2.05) is 97.9 Å². The summed E-state index contributed by atoms with van der Waals surface area (Å²) in [6, 6.07) is 23.2. The minimum atomic E-state index is -0.292. The van der Waals surface area contributed by atoms with Crippen molar-refractivity contribution in [3.63, 3.8) is 0 Å². The number of para-hydroxylation sites is 2. The second-order valence-corrected chi connectivity index (χ2v) is 10.5. The molecule has 38 heavy (non-hydrogen) atoms. The minimum Gasteiger partial charge on any atom is -0.354 e. The number of aromatic nitrogens is 2. The number of carbonyl (C=O) groups is 2. The first kappa shape index (κ1) is 27.5. The molecule has 196 valence electrons. The van der Waals surface area contributed by atoms with E-state index in [4.69, 9.17) is 0 Å². The van der Waals surface area contributed by atoms with Crippen LogP contribution in [-0.2, 0) is 22.4 Å². The average Bonchev–Trinajstić information content (AvgIpc) is 2.89. The summed E-state index contributed by atoms with van der Waals surface area (Å²) >= 11 is 4.54. The third kappa shape index (κ3) is 7.05. The Bertz CT molecular complexity index is 1410. The van der Waals surface area contributed by atoms with E-state index in [0.29, 0.717) is 12.2 Å². The van der Waals surface area contributed by atoms with E-state index in [-0.39, 0.29) is 30.2 Å². The largest absolute Gasteiger partial charge is 0.354 e. The van der Waals surface area contributed by atoms with Gasteiger partial charge in [0, 0.05) is 34.0 Å². The lowest BCUT2D eigenvalue weighted by molar-refractivity contribution is -0.121. The van der Waals surface area contributed by atoms with Crippen molar-refractivity contribution in [1.82, 2.24) is 15.3 Å². The van der Waals surface area contributed by atoms with Gasteiger partial charge in [0.05, 0.1) is 17.6 Å². The summed E-state index contributed by atoms with van der Waals surface area (Å²) in [7, 11) is 1.22. The van der Waals surface area contributed by atoms with Gasteiger partial charge in [-0.1, -0.05) is 55.0 Å². The number of hydrogen-bond acceptors (Lipinski definition) is 7. The zero-order valence-electron chi connectivity index (χ0n) is 21.6. The molecule has 3 aromatic carbocycles. The lowest BCUT2D eigenvalue weighted by Crippen LogP contribution is -2.31. The van der Waals surface area contributed by atoms with Gasteiger partial charge in [-0.25, -0.2) is 9.97 Å². The van der Waals surface area contributed by atoms with Crippen molar-refractivity contribution in [2.75, 3.05) is 9.62 Å². The lowest BCUT2D eigenvalue weighted by Gasteiger charge is -2.23. The molecule has 0 saturated heterocycles. The van der Waals surface area contributed by atoms with Crippen molar-refractivity contribution in [3.05, 3.63) is 90.3 Å². The fourth-order valence-corrected chi connectivity index (χ4v) is 5.17. The number of carbonyl (C=O) groups excluding carboxylic acids is 2. The Morgan fingerprint density at radius 3 is 2.39 bits per heavy atom.